The lowest BCUT2D eigenvalue weighted by atomic mass is 9.88. The third-order valence-corrected chi connectivity index (χ3v) is 9.52. The van der Waals surface area contributed by atoms with Gasteiger partial charge in [0.2, 0.25) is 0 Å². The molecule has 1 amide bonds. The molecule has 2 atom stereocenters. The Morgan fingerprint density at radius 1 is 0.913 bits per heavy atom. The molecule has 252 valence electrons. The van der Waals surface area contributed by atoms with Gasteiger partial charge in [0.25, 0.3) is 0 Å². The number of rotatable bonds is 3. The average molecular weight is 635 g/mol. The van der Waals surface area contributed by atoms with E-state index in [0.29, 0.717) is 32.1 Å². The summed E-state index contributed by atoms with van der Waals surface area (Å²) in [5.74, 6) is 1.16. The third-order valence-electron chi connectivity index (χ3n) is 9.52. The number of fused-ring (bicyclic) bond motifs is 4. The van der Waals surface area contributed by atoms with Crippen LogP contribution < -0.4 is 14.5 Å². The van der Waals surface area contributed by atoms with Crippen molar-refractivity contribution in [3.05, 3.63) is 40.6 Å². The number of methoxy groups -OCH3 is 1. The number of carbonyl (C=O) groups excluding carboxylic acids is 2. The van der Waals surface area contributed by atoms with Crippen molar-refractivity contribution in [2.75, 3.05) is 56.7 Å². The first-order valence-corrected chi connectivity index (χ1v) is 17.4. The fourth-order valence-electron chi connectivity index (χ4n) is 7.46. The quantitative estimate of drug-likeness (QED) is 0.410. The summed E-state index contributed by atoms with van der Waals surface area (Å²) in [5.41, 5.74) is 4.63. The Morgan fingerprint density at radius 2 is 1.61 bits per heavy atom. The molecule has 10 nitrogen and oxygen atoms in total. The van der Waals surface area contributed by atoms with E-state index in [2.05, 4.69) is 39.9 Å². The zero-order chi connectivity index (χ0) is 33.0. The summed E-state index contributed by atoms with van der Waals surface area (Å²) in [6.07, 6.45) is 7.82. The van der Waals surface area contributed by atoms with Crippen LogP contribution in [0.15, 0.2) is 18.2 Å². The highest BCUT2D eigenvalue weighted by atomic mass is 16.6. The third kappa shape index (κ3) is 7.42. The van der Waals surface area contributed by atoms with Crippen molar-refractivity contribution < 1.29 is 19.1 Å². The van der Waals surface area contributed by atoms with E-state index in [1.165, 1.54) is 25.9 Å². The summed E-state index contributed by atoms with van der Waals surface area (Å²) in [6, 6.07) is 6.77. The lowest BCUT2D eigenvalue weighted by Crippen LogP contribution is -2.57. The van der Waals surface area contributed by atoms with Crippen LogP contribution in [-0.2, 0) is 24.1 Å². The van der Waals surface area contributed by atoms with Crippen molar-refractivity contribution in [3.63, 3.8) is 0 Å². The number of amides is 1. The van der Waals surface area contributed by atoms with Gasteiger partial charge in [-0.25, -0.2) is 4.79 Å². The number of carbonyl (C=O) groups is 2. The summed E-state index contributed by atoms with van der Waals surface area (Å²) >= 11 is 0. The highest BCUT2D eigenvalue weighted by molar-refractivity contribution is 6.03. The standard InChI is InChI=1S/C29H37N5O4.C5H11N.C2H6/c1-29(2,3)38-28(36)34-19-11-12-20(34)16-33(15-19)26-21-13-14-32(17-22(21)30-27(31-26)37-4)23-9-5-7-18-8-6-10-24(35)25(18)23;1-6-4-2-3-5-6;1-2/h5,7,9,19-20H,6,8,10-17H2,1-4H3;2-5H2,1H3;1-2H3. The number of aromatic nitrogens is 2. The monoisotopic (exact) mass is 634 g/mol. The molecule has 0 N–H and O–H groups in total. The maximum absolute atomic E-state index is 13.0. The number of hydrogen-bond acceptors (Lipinski definition) is 9. The predicted octanol–water partition coefficient (Wildman–Crippen LogP) is 5.89. The molecule has 4 aliphatic heterocycles. The topological polar surface area (TPSA) is 91.3 Å². The molecule has 0 saturated carbocycles. The first-order valence-electron chi connectivity index (χ1n) is 17.4. The lowest BCUT2D eigenvalue weighted by molar-refractivity contribution is 0.0122. The van der Waals surface area contributed by atoms with Gasteiger partial charge in [-0.1, -0.05) is 26.0 Å². The SMILES string of the molecule is CC.CN1CCCC1.COc1nc2c(c(N3CC4CCC(C3)N4C(=O)OC(C)(C)C)n1)CCN(c1cccc3c1C(=O)CCC3)C2. The van der Waals surface area contributed by atoms with Gasteiger partial charge in [-0.05, 0) is 97.5 Å². The van der Waals surface area contributed by atoms with Crippen LogP contribution >= 0.6 is 0 Å². The molecule has 0 spiro atoms. The molecule has 2 bridgehead atoms. The summed E-state index contributed by atoms with van der Waals surface area (Å²) in [7, 11) is 3.77. The normalized spacial score (nSPS) is 22.2. The number of anilines is 2. The second kappa shape index (κ2) is 14.6. The van der Waals surface area contributed by atoms with E-state index in [4.69, 9.17) is 19.4 Å². The van der Waals surface area contributed by atoms with Crippen molar-refractivity contribution >= 4 is 23.4 Å². The maximum Gasteiger partial charge on any atom is 0.410 e. The van der Waals surface area contributed by atoms with Crippen LogP contribution in [0.5, 0.6) is 6.01 Å². The number of benzene rings is 1. The van der Waals surface area contributed by atoms with Gasteiger partial charge in [-0.3, -0.25) is 9.69 Å². The van der Waals surface area contributed by atoms with Crippen molar-refractivity contribution in [1.29, 1.82) is 0 Å². The van der Waals surface area contributed by atoms with Crippen molar-refractivity contribution in [3.8, 4) is 6.01 Å². The predicted molar refractivity (Wildman–Crippen MR) is 182 cm³/mol. The zero-order valence-electron chi connectivity index (χ0n) is 29.1. The smallest absolute Gasteiger partial charge is 0.410 e. The van der Waals surface area contributed by atoms with Crippen molar-refractivity contribution in [1.82, 2.24) is 19.8 Å². The number of aryl methyl sites for hydroxylation is 1. The van der Waals surface area contributed by atoms with Gasteiger partial charge in [0.1, 0.15) is 11.4 Å². The fraction of sp³-hybridized carbons (Fsp3) is 0.667. The molecule has 5 heterocycles. The Labute approximate surface area is 275 Å². The van der Waals surface area contributed by atoms with E-state index >= 15 is 0 Å². The maximum atomic E-state index is 13.0. The minimum atomic E-state index is -0.513. The number of hydrogen-bond donors (Lipinski definition) is 0. The number of ether oxygens (including phenoxy) is 2. The lowest BCUT2D eigenvalue weighted by Gasteiger charge is -2.43. The van der Waals surface area contributed by atoms with Gasteiger partial charge < -0.3 is 24.2 Å². The molecule has 3 fully saturated rings. The first-order chi connectivity index (χ1) is 22.1. The highest BCUT2D eigenvalue weighted by Gasteiger charge is 2.45. The van der Waals surface area contributed by atoms with Crippen LogP contribution in [0.2, 0.25) is 0 Å². The van der Waals surface area contributed by atoms with Gasteiger partial charge in [0.15, 0.2) is 5.78 Å². The van der Waals surface area contributed by atoms with Crippen LogP contribution in [-0.4, -0.2) is 96.2 Å². The summed E-state index contributed by atoms with van der Waals surface area (Å²) in [6.45, 7) is 15.2. The molecule has 7 rings (SSSR count). The first kappa shape index (κ1) is 33.9. The Hall–Kier alpha value is -3.40. The Bertz CT molecular complexity index is 1370. The van der Waals surface area contributed by atoms with Crippen molar-refractivity contribution in [2.24, 2.45) is 0 Å². The molecule has 1 aromatic heterocycles. The number of nitrogens with zero attached hydrogens (tertiary/aromatic N) is 6. The fourth-order valence-corrected chi connectivity index (χ4v) is 7.46. The Kier molecular flexibility index (Phi) is 10.8. The van der Waals surface area contributed by atoms with Crippen LogP contribution in [0.1, 0.15) is 100 Å². The summed E-state index contributed by atoms with van der Waals surface area (Å²) in [4.78, 5) is 44.3. The summed E-state index contributed by atoms with van der Waals surface area (Å²) < 4.78 is 11.3. The van der Waals surface area contributed by atoms with E-state index in [1.54, 1.807) is 7.11 Å². The van der Waals surface area contributed by atoms with Crippen LogP contribution in [0.25, 0.3) is 0 Å². The van der Waals surface area contributed by atoms with Gasteiger partial charge in [0, 0.05) is 42.9 Å². The molecule has 5 aliphatic rings. The minimum Gasteiger partial charge on any atom is -0.467 e. The molecule has 1 aromatic carbocycles. The average Bonchev–Trinajstić information content (AvgIpc) is 3.63. The zero-order valence-corrected chi connectivity index (χ0v) is 29.1. The van der Waals surface area contributed by atoms with Crippen LogP contribution in [0.3, 0.4) is 0 Å². The molecule has 2 unspecified atom stereocenters. The van der Waals surface area contributed by atoms with Crippen LogP contribution in [0.4, 0.5) is 16.3 Å². The Balaban J connectivity index is 0.000000462. The highest BCUT2D eigenvalue weighted by Crippen LogP contribution is 2.38. The van der Waals surface area contributed by atoms with Crippen LogP contribution in [0, 0.1) is 0 Å². The minimum absolute atomic E-state index is 0.0992. The van der Waals surface area contributed by atoms with Gasteiger partial charge in [-0.15, -0.1) is 0 Å². The molecule has 0 radical (unpaired) electrons. The largest absolute Gasteiger partial charge is 0.467 e. The second-order valence-corrected chi connectivity index (χ2v) is 13.9. The molecule has 2 aromatic rings. The molecular formula is C36H54N6O4. The van der Waals surface area contributed by atoms with E-state index < -0.39 is 5.60 Å². The second-order valence-electron chi connectivity index (χ2n) is 13.9. The van der Waals surface area contributed by atoms with Crippen molar-refractivity contribution in [2.45, 2.75) is 110 Å². The Morgan fingerprint density at radius 3 is 2.22 bits per heavy atom. The van der Waals surface area contributed by atoms with Gasteiger partial charge in [0.05, 0.1) is 31.4 Å². The molecule has 46 heavy (non-hydrogen) atoms. The van der Waals surface area contributed by atoms with E-state index in [1.807, 2.05) is 39.5 Å². The van der Waals surface area contributed by atoms with Gasteiger partial charge >= 0.3 is 12.1 Å². The van der Waals surface area contributed by atoms with E-state index in [9.17, 15) is 9.59 Å². The number of likely N-dealkylation sites (tertiary alicyclic amines) is 1. The van der Waals surface area contributed by atoms with E-state index in [0.717, 1.165) is 72.5 Å². The number of piperazine rings is 1. The number of ketones is 1. The molecule has 3 saturated heterocycles. The van der Waals surface area contributed by atoms with E-state index in [-0.39, 0.29) is 24.0 Å². The summed E-state index contributed by atoms with van der Waals surface area (Å²) in [5, 5.41) is 0. The number of Topliss-reactive ketones (excluding diaryl/α,β-unsaturated/α-hetero) is 1. The van der Waals surface area contributed by atoms with Gasteiger partial charge in [-0.2, -0.15) is 9.97 Å². The molecule has 10 heteroatoms. The molecule has 1 aliphatic carbocycles. The molecular weight excluding hydrogens is 580 g/mol.